The second-order valence-electron chi connectivity index (χ2n) is 6.51. The van der Waals surface area contributed by atoms with Crippen LogP contribution in [0.1, 0.15) is 57.2 Å². The summed E-state index contributed by atoms with van der Waals surface area (Å²) in [6.07, 6.45) is 0. The van der Waals surface area contributed by atoms with Crippen LogP contribution in [-0.2, 0) is 6.54 Å². The maximum absolute atomic E-state index is 12.3. The summed E-state index contributed by atoms with van der Waals surface area (Å²) in [7, 11) is 0. The quantitative estimate of drug-likeness (QED) is 0.604. The smallest absolute Gasteiger partial charge is 0.336 e. The molecular formula is C20H23N3O4. The number of urea groups is 1. The highest BCUT2D eigenvalue weighted by atomic mass is 16.4. The number of anilines is 1. The Morgan fingerprint density at radius 2 is 1.78 bits per heavy atom. The molecule has 0 aliphatic rings. The molecule has 0 aliphatic carbocycles. The van der Waals surface area contributed by atoms with Crippen LogP contribution in [0.3, 0.4) is 0 Å². The zero-order valence-electron chi connectivity index (χ0n) is 15.5. The molecule has 2 rings (SSSR count). The van der Waals surface area contributed by atoms with Crippen molar-refractivity contribution in [2.75, 3.05) is 5.73 Å². The Bertz CT molecular complexity index is 891. The highest BCUT2D eigenvalue weighted by molar-refractivity contribution is 6.12. The van der Waals surface area contributed by atoms with Crippen LogP contribution in [-0.4, -0.2) is 23.0 Å². The number of amides is 3. The molecule has 0 atom stereocenters. The van der Waals surface area contributed by atoms with Crippen LogP contribution in [0.15, 0.2) is 36.4 Å². The van der Waals surface area contributed by atoms with Crippen LogP contribution in [0, 0.1) is 6.92 Å². The van der Waals surface area contributed by atoms with E-state index in [4.69, 9.17) is 5.73 Å². The Morgan fingerprint density at radius 1 is 1.11 bits per heavy atom. The molecule has 5 N–H and O–H groups in total. The van der Waals surface area contributed by atoms with E-state index in [1.807, 2.05) is 25.1 Å². The lowest BCUT2D eigenvalue weighted by Gasteiger charge is -2.16. The Morgan fingerprint density at radius 3 is 2.41 bits per heavy atom. The maximum atomic E-state index is 12.3. The molecule has 142 valence electrons. The predicted octanol–water partition coefficient (Wildman–Crippen LogP) is 3.04. The third kappa shape index (κ3) is 4.63. The summed E-state index contributed by atoms with van der Waals surface area (Å²) in [4.78, 5) is 35.8. The molecule has 27 heavy (non-hydrogen) atoms. The number of imide groups is 1. The van der Waals surface area contributed by atoms with Gasteiger partial charge in [-0.05, 0) is 41.7 Å². The molecule has 3 amide bonds. The molecule has 0 unspecified atom stereocenters. The van der Waals surface area contributed by atoms with Crippen LogP contribution in [0.2, 0.25) is 0 Å². The fourth-order valence-corrected chi connectivity index (χ4v) is 2.89. The van der Waals surface area contributed by atoms with Crippen molar-refractivity contribution in [3.8, 4) is 0 Å². The van der Waals surface area contributed by atoms with Gasteiger partial charge >= 0.3 is 12.0 Å². The van der Waals surface area contributed by atoms with E-state index >= 15 is 0 Å². The van der Waals surface area contributed by atoms with Gasteiger partial charge in [0, 0.05) is 12.2 Å². The van der Waals surface area contributed by atoms with Crippen LogP contribution < -0.4 is 16.4 Å². The lowest BCUT2D eigenvalue weighted by molar-refractivity contribution is 0.0691. The lowest BCUT2D eigenvalue weighted by atomic mass is 9.94. The number of benzene rings is 2. The predicted molar refractivity (Wildman–Crippen MR) is 103 cm³/mol. The molecule has 2 aromatic rings. The first-order chi connectivity index (χ1) is 12.7. The van der Waals surface area contributed by atoms with Gasteiger partial charge in [0.2, 0.25) is 0 Å². The number of carboxylic acid groups (broad SMARTS) is 1. The maximum Gasteiger partial charge on any atom is 0.336 e. The SMILES string of the molecule is Cc1cccc(C(C)C)c1CNC(=O)NC(=O)c1c(N)cccc1C(=O)O. The first-order valence-corrected chi connectivity index (χ1v) is 8.51. The van der Waals surface area contributed by atoms with Crippen molar-refractivity contribution in [1.82, 2.24) is 10.6 Å². The molecule has 0 spiro atoms. The summed E-state index contributed by atoms with van der Waals surface area (Å²) in [5.41, 5.74) is 8.34. The second kappa shape index (κ2) is 8.35. The van der Waals surface area contributed by atoms with E-state index < -0.39 is 17.9 Å². The van der Waals surface area contributed by atoms with E-state index in [1.54, 1.807) is 0 Å². The number of carboxylic acids is 1. The Hall–Kier alpha value is -3.35. The summed E-state index contributed by atoms with van der Waals surface area (Å²) in [5.74, 6) is -1.88. The third-order valence-corrected chi connectivity index (χ3v) is 4.28. The van der Waals surface area contributed by atoms with Crippen molar-refractivity contribution in [3.05, 3.63) is 64.2 Å². The normalized spacial score (nSPS) is 10.5. The molecule has 0 aliphatic heterocycles. The third-order valence-electron chi connectivity index (χ3n) is 4.28. The molecule has 0 bridgehead atoms. The molecule has 0 aromatic heterocycles. The highest BCUT2D eigenvalue weighted by Gasteiger charge is 2.21. The lowest BCUT2D eigenvalue weighted by Crippen LogP contribution is -2.40. The number of aryl methyl sites for hydroxylation is 1. The Balaban J connectivity index is 2.12. The molecule has 0 fully saturated rings. The number of aromatic carboxylic acids is 1. The van der Waals surface area contributed by atoms with Crippen molar-refractivity contribution in [2.24, 2.45) is 0 Å². The summed E-state index contributed by atoms with van der Waals surface area (Å²) < 4.78 is 0. The number of hydrogen-bond acceptors (Lipinski definition) is 4. The Labute approximate surface area is 157 Å². The molecule has 2 aromatic carbocycles. The van der Waals surface area contributed by atoms with E-state index in [0.717, 1.165) is 16.7 Å². The van der Waals surface area contributed by atoms with Crippen LogP contribution >= 0.6 is 0 Å². The summed E-state index contributed by atoms with van der Waals surface area (Å²) in [6, 6.07) is 9.29. The Kier molecular flexibility index (Phi) is 6.18. The fourth-order valence-electron chi connectivity index (χ4n) is 2.89. The zero-order chi connectivity index (χ0) is 20.1. The second-order valence-corrected chi connectivity index (χ2v) is 6.51. The first-order valence-electron chi connectivity index (χ1n) is 8.51. The zero-order valence-corrected chi connectivity index (χ0v) is 15.5. The number of carbonyl (C=O) groups is 3. The number of nitrogen functional groups attached to an aromatic ring is 1. The van der Waals surface area contributed by atoms with Crippen LogP contribution in [0.4, 0.5) is 10.5 Å². The molecule has 0 saturated carbocycles. The average Bonchev–Trinajstić information content (AvgIpc) is 2.59. The molecule has 7 heteroatoms. The largest absolute Gasteiger partial charge is 0.478 e. The molecular weight excluding hydrogens is 346 g/mol. The number of carbonyl (C=O) groups excluding carboxylic acids is 2. The number of nitrogens with one attached hydrogen (secondary N) is 2. The van der Waals surface area contributed by atoms with E-state index in [0.29, 0.717) is 0 Å². The number of hydrogen-bond donors (Lipinski definition) is 4. The van der Waals surface area contributed by atoms with E-state index in [2.05, 4.69) is 24.5 Å². The van der Waals surface area contributed by atoms with Crippen molar-refractivity contribution >= 4 is 23.6 Å². The minimum atomic E-state index is -1.30. The number of nitrogens with two attached hydrogens (primary N) is 1. The van der Waals surface area contributed by atoms with Crippen molar-refractivity contribution in [3.63, 3.8) is 0 Å². The average molecular weight is 369 g/mol. The highest BCUT2D eigenvalue weighted by Crippen LogP contribution is 2.22. The van der Waals surface area contributed by atoms with Gasteiger partial charge in [-0.1, -0.05) is 38.1 Å². The van der Waals surface area contributed by atoms with E-state index in [-0.39, 0.29) is 29.3 Å². The molecule has 0 heterocycles. The summed E-state index contributed by atoms with van der Waals surface area (Å²) in [6.45, 7) is 6.33. The molecule has 0 radical (unpaired) electrons. The van der Waals surface area contributed by atoms with Gasteiger partial charge in [0.05, 0.1) is 11.1 Å². The fraction of sp³-hybridized carbons (Fsp3) is 0.250. The minimum absolute atomic E-state index is 0.0128. The van der Waals surface area contributed by atoms with Gasteiger partial charge in [-0.15, -0.1) is 0 Å². The summed E-state index contributed by atoms with van der Waals surface area (Å²) >= 11 is 0. The van der Waals surface area contributed by atoms with Crippen molar-refractivity contribution in [2.45, 2.75) is 33.2 Å². The van der Waals surface area contributed by atoms with Crippen molar-refractivity contribution < 1.29 is 19.5 Å². The topological polar surface area (TPSA) is 122 Å². The summed E-state index contributed by atoms with van der Waals surface area (Å²) in [5, 5.41) is 14.0. The van der Waals surface area contributed by atoms with E-state index in [9.17, 15) is 19.5 Å². The minimum Gasteiger partial charge on any atom is -0.478 e. The molecule has 0 saturated heterocycles. The van der Waals surface area contributed by atoms with Crippen LogP contribution in [0.25, 0.3) is 0 Å². The van der Waals surface area contributed by atoms with E-state index in [1.165, 1.54) is 18.2 Å². The van der Waals surface area contributed by atoms with Gasteiger partial charge < -0.3 is 16.2 Å². The van der Waals surface area contributed by atoms with Gasteiger partial charge in [0.1, 0.15) is 0 Å². The standard InChI is InChI=1S/C20H23N3O4/c1-11(2)13-7-4-6-12(3)15(13)10-22-20(27)23-18(24)17-14(19(25)26)8-5-9-16(17)21/h4-9,11H,10,21H2,1-3H3,(H,25,26)(H2,22,23,24,27). The monoisotopic (exact) mass is 369 g/mol. The first kappa shape index (κ1) is 20.0. The van der Waals surface area contributed by atoms with Gasteiger partial charge in [0.25, 0.3) is 5.91 Å². The number of rotatable bonds is 5. The molecule has 7 nitrogen and oxygen atoms in total. The van der Waals surface area contributed by atoms with Crippen LogP contribution in [0.5, 0.6) is 0 Å². The van der Waals surface area contributed by atoms with Crippen molar-refractivity contribution in [1.29, 1.82) is 0 Å². The van der Waals surface area contributed by atoms with Gasteiger partial charge in [0.15, 0.2) is 0 Å². The van der Waals surface area contributed by atoms with Gasteiger partial charge in [-0.3, -0.25) is 10.1 Å². The van der Waals surface area contributed by atoms with Gasteiger partial charge in [-0.2, -0.15) is 0 Å². The van der Waals surface area contributed by atoms with Gasteiger partial charge in [-0.25, -0.2) is 9.59 Å².